The van der Waals surface area contributed by atoms with Gasteiger partial charge < -0.3 is 10.1 Å². The zero-order valence-corrected chi connectivity index (χ0v) is 15.8. The lowest BCUT2D eigenvalue weighted by Crippen LogP contribution is -2.30. The molecule has 10 nitrogen and oxygen atoms in total. The Kier molecular flexibility index (Phi) is 6.96. The van der Waals surface area contributed by atoms with Gasteiger partial charge in [0.2, 0.25) is 0 Å². The number of amides is 1. The molecular formula is C19H19N3O7. The fraction of sp³-hybridized carbons (Fsp3) is 0.263. The number of aryl methyl sites for hydroxylation is 1. The van der Waals surface area contributed by atoms with E-state index in [1.807, 2.05) is 0 Å². The first kappa shape index (κ1) is 21.5. The number of esters is 1. The molecule has 0 saturated carbocycles. The van der Waals surface area contributed by atoms with Crippen LogP contribution in [-0.4, -0.2) is 28.3 Å². The Hall–Kier alpha value is -3.82. The molecule has 2 aromatic rings. The van der Waals surface area contributed by atoms with E-state index in [1.54, 1.807) is 13.8 Å². The van der Waals surface area contributed by atoms with Gasteiger partial charge in [0.15, 0.2) is 0 Å². The summed E-state index contributed by atoms with van der Waals surface area (Å²) in [5.74, 6) is -1.26. The molecule has 0 aliphatic heterocycles. The summed E-state index contributed by atoms with van der Waals surface area (Å²) in [4.78, 5) is 45.6. The Morgan fingerprint density at radius 1 is 1.10 bits per heavy atom. The molecule has 0 fully saturated rings. The van der Waals surface area contributed by atoms with Crippen LogP contribution in [0.5, 0.6) is 0 Å². The van der Waals surface area contributed by atoms with Crippen molar-refractivity contribution in [3.63, 3.8) is 0 Å². The number of benzene rings is 2. The van der Waals surface area contributed by atoms with Gasteiger partial charge >= 0.3 is 5.97 Å². The maximum atomic E-state index is 12.7. The van der Waals surface area contributed by atoms with Crippen molar-refractivity contribution in [2.24, 2.45) is 0 Å². The normalized spacial score (nSPS) is 11.4. The lowest BCUT2D eigenvalue weighted by Gasteiger charge is -2.18. The molecule has 1 amide bonds. The smallest absolute Gasteiger partial charge is 0.308 e. The number of nitro groups is 2. The van der Waals surface area contributed by atoms with Crippen LogP contribution in [0.1, 0.15) is 40.9 Å². The molecule has 2 rings (SSSR count). The van der Waals surface area contributed by atoms with Gasteiger partial charge in [-0.3, -0.25) is 29.8 Å². The number of carbonyl (C=O) groups is 2. The molecule has 0 aliphatic carbocycles. The summed E-state index contributed by atoms with van der Waals surface area (Å²) in [6, 6.07) is 8.61. The summed E-state index contributed by atoms with van der Waals surface area (Å²) < 4.78 is 4.91. The molecule has 1 atom stereocenters. The van der Waals surface area contributed by atoms with Gasteiger partial charge in [-0.25, -0.2) is 0 Å². The lowest BCUT2D eigenvalue weighted by molar-refractivity contribution is -0.385. The summed E-state index contributed by atoms with van der Waals surface area (Å²) in [7, 11) is 0. The molecule has 0 aliphatic rings. The van der Waals surface area contributed by atoms with E-state index in [4.69, 9.17) is 4.74 Å². The van der Waals surface area contributed by atoms with Crippen molar-refractivity contribution in [1.82, 2.24) is 5.32 Å². The molecule has 1 N–H and O–H groups in total. The number of carbonyl (C=O) groups excluding carboxylic acids is 2. The minimum absolute atomic E-state index is 0.0292. The predicted octanol–water partition coefficient (Wildman–Crippen LogP) is 3.24. The summed E-state index contributed by atoms with van der Waals surface area (Å²) in [5.41, 5.74) is 0.351. The SMILES string of the molecule is CCOC(=O)CC(NC(=O)c1ccc(C)c([N+](=O)[O-])c1)c1cccc([N+](=O)[O-])c1. The van der Waals surface area contributed by atoms with Gasteiger partial charge in [0, 0.05) is 29.3 Å². The summed E-state index contributed by atoms with van der Waals surface area (Å²) >= 11 is 0. The van der Waals surface area contributed by atoms with Gasteiger partial charge in [0.1, 0.15) is 0 Å². The Morgan fingerprint density at radius 3 is 2.45 bits per heavy atom. The largest absolute Gasteiger partial charge is 0.466 e. The van der Waals surface area contributed by atoms with E-state index in [2.05, 4.69) is 5.32 Å². The van der Waals surface area contributed by atoms with E-state index >= 15 is 0 Å². The van der Waals surface area contributed by atoms with Crippen LogP contribution in [0.25, 0.3) is 0 Å². The highest BCUT2D eigenvalue weighted by atomic mass is 16.6. The van der Waals surface area contributed by atoms with Gasteiger partial charge in [0.25, 0.3) is 17.3 Å². The van der Waals surface area contributed by atoms with Gasteiger partial charge in [-0.2, -0.15) is 0 Å². The Balaban J connectivity index is 2.34. The topological polar surface area (TPSA) is 142 Å². The zero-order chi connectivity index (χ0) is 21.6. The highest BCUT2D eigenvalue weighted by molar-refractivity contribution is 5.95. The van der Waals surface area contributed by atoms with Crippen molar-refractivity contribution >= 4 is 23.3 Å². The summed E-state index contributed by atoms with van der Waals surface area (Å²) in [6.07, 6.45) is -0.255. The standard InChI is InChI=1S/C19H19N3O7/c1-3-29-18(23)11-16(13-5-4-6-15(9-13)21(25)26)20-19(24)14-8-7-12(2)17(10-14)22(27)28/h4-10,16H,3,11H2,1-2H3,(H,20,24). The van der Waals surface area contributed by atoms with Crippen LogP contribution < -0.4 is 5.32 Å². The van der Waals surface area contributed by atoms with Crippen LogP contribution in [-0.2, 0) is 9.53 Å². The van der Waals surface area contributed by atoms with Crippen LogP contribution in [0, 0.1) is 27.2 Å². The van der Waals surface area contributed by atoms with Gasteiger partial charge in [-0.1, -0.05) is 18.2 Å². The second kappa shape index (κ2) is 9.40. The highest BCUT2D eigenvalue weighted by Crippen LogP contribution is 2.24. The fourth-order valence-corrected chi connectivity index (χ4v) is 2.68. The quantitative estimate of drug-likeness (QED) is 0.406. The first-order valence-electron chi connectivity index (χ1n) is 8.68. The average Bonchev–Trinajstić information content (AvgIpc) is 2.67. The maximum absolute atomic E-state index is 12.7. The van der Waals surface area contributed by atoms with Crippen molar-refractivity contribution in [1.29, 1.82) is 0 Å². The number of rotatable bonds is 8. The van der Waals surface area contributed by atoms with Crippen molar-refractivity contribution in [2.75, 3.05) is 6.61 Å². The number of hydrogen-bond acceptors (Lipinski definition) is 7. The summed E-state index contributed by atoms with van der Waals surface area (Å²) in [6.45, 7) is 3.31. The number of nitro benzene ring substituents is 2. The molecule has 1 unspecified atom stereocenters. The van der Waals surface area contributed by atoms with Crippen LogP contribution in [0.3, 0.4) is 0 Å². The molecule has 152 valence electrons. The average molecular weight is 401 g/mol. The molecule has 0 saturated heterocycles. The van der Waals surface area contributed by atoms with Crippen LogP contribution in [0.15, 0.2) is 42.5 Å². The monoisotopic (exact) mass is 401 g/mol. The van der Waals surface area contributed by atoms with Crippen molar-refractivity contribution in [2.45, 2.75) is 26.3 Å². The van der Waals surface area contributed by atoms with Gasteiger partial charge in [0.05, 0.1) is 28.9 Å². The van der Waals surface area contributed by atoms with E-state index in [1.165, 1.54) is 36.4 Å². The second-order valence-corrected chi connectivity index (χ2v) is 6.15. The van der Waals surface area contributed by atoms with Crippen molar-refractivity contribution in [3.8, 4) is 0 Å². The van der Waals surface area contributed by atoms with Gasteiger partial charge in [-0.15, -0.1) is 0 Å². The molecule has 2 aromatic carbocycles. The minimum Gasteiger partial charge on any atom is -0.466 e. The first-order chi connectivity index (χ1) is 13.7. The number of hydrogen-bond donors (Lipinski definition) is 1. The number of nitrogens with zero attached hydrogens (tertiary/aromatic N) is 2. The molecule has 0 heterocycles. The predicted molar refractivity (Wildman–Crippen MR) is 102 cm³/mol. The molecule has 0 bridgehead atoms. The minimum atomic E-state index is -0.915. The van der Waals surface area contributed by atoms with Crippen LogP contribution >= 0.6 is 0 Å². The van der Waals surface area contributed by atoms with E-state index in [0.29, 0.717) is 11.1 Å². The summed E-state index contributed by atoms with van der Waals surface area (Å²) in [5, 5.41) is 24.8. The van der Waals surface area contributed by atoms with E-state index in [0.717, 1.165) is 6.07 Å². The van der Waals surface area contributed by atoms with Crippen LogP contribution in [0.2, 0.25) is 0 Å². The second-order valence-electron chi connectivity index (χ2n) is 6.15. The molecule has 10 heteroatoms. The third-order valence-corrected chi connectivity index (χ3v) is 4.13. The first-order valence-corrected chi connectivity index (χ1v) is 8.68. The molecule has 29 heavy (non-hydrogen) atoms. The highest BCUT2D eigenvalue weighted by Gasteiger charge is 2.23. The van der Waals surface area contributed by atoms with Crippen LogP contribution in [0.4, 0.5) is 11.4 Å². The van der Waals surface area contributed by atoms with Gasteiger partial charge in [-0.05, 0) is 25.5 Å². The Labute approximate surface area is 165 Å². The Bertz CT molecular complexity index is 959. The van der Waals surface area contributed by atoms with Crippen molar-refractivity contribution < 1.29 is 24.2 Å². The third kappa shape index (κ3) is 5.58. The lowest BCUT2D eigenvalue weighted by atomic mass is 10.0. The maximum Gasteiger partial charge on any atom is 0.308 e. The number of non-ortho nitro benzene ring substituents is 1. The van der Waals surface area contributed by atoms with E-state index < -0.39 is 27.8 Å². The number of nitrogens with one attached hydrogen (secondary N) is 1. The molecule has 0 aromatic heterocycles. The van der Waals surface area contributed by atoms with E-state index in [9.17, 15) is 29.8 Å². The van der Waals surface area contributed by atoms with E-state index in [-0.39, 0.29) is 30.0 Å². The molecule has 0 radical (unpaired) electrons. The Morgan fingerprint density at radius 2 is 1.83 bits per heavy atom. The zero-order valence-electron chi connectivity index (χ0n) is 15.8. The number of ether oxygens (including phenoxy) is 1. The third-order valence-electron chi connectivity index (χ3n) is 4.13. The molecule has 0 spiro atoms. The van der Waals surface area contributed by atoms with Crippen molar-refractivity contribution in [3.05, 3.63) is 79.4 Å². The molecular weight excluding hydrogens is 382 g/mol. The fourth-order valence-electron chi connectivity index (χ4n) is 2.68.